The lowest BCUT2D eigenvalue weighted by atomic mass is 9.88. The molecule has 2 aromatic rings. The van der Waals surface area contributed by atoms with Crippen LogP contribution in [0.5, 0.6) is 11.5 Å². The van der Waals surface area contributed by atoms with Crippen molar-refractivity contribution in [1.82, 2.24) is 5.23 Å². The summed E-state index contributed by atoms with van der Waals surface area (Å²) in [6.07, 6.45) is 6.52. The summed E-state index contributed by atoms with van der Waals surface area (Å²) in [6, 6.07) is 10.5. The van der Waals surface area contributed by atoms with Crippen LogP contribution in [0, 0.1) is 0 Å². The van der Waals surface area contributed by atoms with E-state index in [1.165, 1.54) is 39.6 Å². The number of carbonyl (C=O) groups is 3. The van der Waals surface area contributed by atoms with Crippen molar-refractivity contribution in [3.05, 3.63) is 70.8 Å². The standard InChI is InChI=1S/C13H18BNO4.C12H12O4/c1-14(17)15-9-11-8-12(18-2)6-4-10(11)5-7-13(16)19-3;1-15-11-5-3-9(10(7-11)8-13)4-6-12(14)16-2/h4-8,15,17H,9H2,1-3H3;3-8H,1-2H3/b7-5+;6-4+. The summed E-state index contributed by atoms with van der Waals surface area (Å²) in [6.45, 7) is 2.11. The number of benzene rings is 2. The fraction of sp³-hybridized carbons (Fsp3) is 0.240. The molecule has 0 bridgehead atoms. The first-order valence-electron chi connectivity index (χ1n) is 10.5. The van der Waals surface area contributed by atoms with Crippen LogP contribution < -0.4 is 14.7 Å². The highest BCUT2D eigenvalue weighted by Gasteiger charge is 2.07. The molecule has 0 heterocycles. The highest BCUT2D eigenvalue weighted by Crippen LogP contribution is 2.19. The second-order valence-corrected chi connectivity index (χ2v) is 6.95. The Morgan fingerprint density at radius 1 is 0.857 bits per heavy atom. The minimum atomic E-state index is -0.608. The molecule has 0 amide bonds. The molecule has 9 nitrogen and oxygen atoms in total. The Morgan fingerprint density at radius 2 is 1.37 bits per heavy atom. The van der Waals surface area contributed by atoms with E-state index in [4.69, 9.17) is 9.47 Å². The van der Waals surface area contributed by atoms with E-state index in [9.17, 15) is 19.4 Å². The van der Waals surface area contributed by atoms with Gasteiger partial charge in [-0.05, 0) is 59.9 Å². The van der Waals surface area contributed by atoms with Gasteiger partial charge in [0.1, 0.15) is 11.5 Å². The van der Waals surface area contributed by atoms with Crippen molar-refractivity contribution in [2.75, 3.05) is 28.4 Å². The summed E-state index contributed by atoms with van der Waals surface area (Å²) >= 11 is 0. The Hall–Kier alpha value is -3.89. The Bertz CT molecular complexity index is 1050. The van der Waals surface area contributed by atoms with Crippen LogP contribution in [0.3, 0.4) is 0 Å². The molecule has 0 spiro atoms. The van der Waals surface area contributed by atoms with Crippen LogP contribution in [0.4, 0.5) is 0 Å². The topological polar surface area (TPSA) is 120 Å². The van der Waals surface area contributed by atoms with Gasteiger partial charge in [-0.15, -0.1) is 0 Å². The van der Waals surface area contributed by atoms with Crippen LogP contribution in [0.2, 0.25) is 6.82 Å². The lowest BCUT2D eigenvalue weighted by molar-refractivity contribution is -0.135. The van der Waals surface area contributed by atoms with E-state index in [1.54, 1.807) is 38.2 Å². The molecule has 0 saturated heterocycles. The summed E-state index contributed by atoms with van der Waals surface area (Å²) in [5, 5.41) is 12.2. The minimum Gasteiger partial charge on any atom is -0.497 e. The molecule has 0 aliphatic rings. The molecular formula is C25H30BNO8. The Balaban J connectivity index is 0.000000355. The third-order valence-electron chi connectivity index (χ3n) is 4.56. The number of rotatable bonds is 10. The molecule has 2 N–H and O–H groups in total. The third kappa shape index (κ3) is 10.7. The summed E-state index contributed by atoms with van der Waals surface area (Å²) in [5.74, 6) is 0.438. The van der Waals surface area contributed by atoms with Crippen LogP contribution >= 0.6 is 0 Å². The van der Waals surface area contributed by atoms with Gasteiger partial charge in [0.25, 0.3) is 0 Å². The van der Waals surface area contributed by atoms with E-state index < -0.39 is 19.0 Å². The maximum Gasteiger partial charge on any atom is 0.373 e. The van der Waals surface area contributed by atoms with Crippen molar-refractivity contribution in [2.45, 2.75) is 13.4 Å². The molecule has 186 valence electrons. The number of aldehydes is 1. The molecule has 0 saturated carbocycles. The maximum atomic E-state index is 11.1. The van der Waals surface area contributed by atoms with Crippen molar-refractivity contribution < 1.29 is 38.4 Å². The van der Waals surface area contributed by atoms with Crippen molar-refractivity contribution >= 4 is 37.4 Å². The predicted molar refractivity (Wildman–Crippen MR) is 134 cm³/mol. The van der Waals surface area contributed by atoms with Gasteiger partial charge in [-0.1, -0.05) is 12.1 Å². The predicted octanol–water partition coefficient (Wildman–Crippen LogP) is 2.78. The fourth-order valence-electron chi connectivity index (χ4n) is 2.67. The molecule has 0 aromatic heterocycles. The van der Waals surface area contributed by atoms with Gasteiger partial charge in [-0.25, -0.2) is 9.59 Å². The van der Waals surface area contributed by atoms with Crippen molar-refractivity contribution in [3.8, 4) is 11.5 Å². The van der Waals surface area contributed by atoms with Gasteiger partial charge in [-0.2, -0.15) is 0 Å². The highest BCUT2D eigenvalue weighted by molar-refractivity contribution is 6.45. The van der Waals surface area contributed by atoms with Gasteiger partial charge in [0.05, 0.1) is 28.4 Å². The van der Waals surface area contributed by atoms with Crippen LogP contribution in [0.25, 0.3) is 12.2 Å². The van der Waals surface area contributed by atoms with Crippen LogP contribution in [-0.4, -0.2) is 58.7 Å². The zero-order valence-electron chi connectivity index (χ0n) is 20.4. The molecule has 0 unspecified atom stereocenters. The number of hydrogen-bond acceptors (Lipinski definition) is 9. The lowest BCUT2D eigenvalue weighted by Crippen LogP contribution is -2.29. The highest BCUT2D eigenvalue weighted by atomic mass is 16.5. The Morgan fingerprint density at radius 3 is 1.86 bits per heavy atom. The van der Waals surface area contributed by atoms with E-state index in [1.807, 2.05) is 18.2 Å². The Labute approximate surface area is 205 Å². The molecule has 2 rings (SSSR count). The summed E-state index contributed by atoms with van der Waals surface area (Å²) in [5.41, 5.74) is 2.88. The fourth-order valence-corrected chi connectivity index (χ4v) is 2.67. The average molecular weight is 483 g/mol. The first kappa shape index (κ1) is 29.1. The van der Waals surface area contributed by atoms with E-state index in [0.29, 0.717) is 29.7 Å². The minimum absolute atomic E-state index is 0.412. The zero-order valence-corrected chi connectivity index (χ0v) is 20.4. The molecule has 0 atom stereocenters. The van der Waals surface area contributed by atoms with Gasteiger partial charge in [0.2, 0.25) is 0 Å². The van der Waals surface area contributed by atoms with Crippen LogP contribution in [-0.2, 0) is 25.6 Å². The quantitative estimate of drug-likeness (QED) is 0.228. The number of esters is 2. The third-order valence-corrected chi connectivity index (χ3v) is 4.56. The zero-order chi connectivity index (χ0) is 26.2. The van der Waals surface area contributed by atoms with Gasteiger partial charge >= 0.3 is 19.0 Å². The molecule has 35 heavy (non-hydrogen) atoms. The molecule has 0 aliphatic heterocycles. The van der Waals surface area contributed by atoms with Gasteiger partial charge < -0.3 is 29.2 Å². The second kappa shape index (κ2) is 15.9. The molecule has 0 aliphatic carbocycles. The maximum absolute atomic E-state index is 11.1. The molecule has 0 radical (unpaired) electrons. The molecule has 10 heteroatoms. The smallest absolute Gasteiger partial charge is 0.373 e. The van der Waals surface area contributed by atoms with E-state index in [-0.39, 0.29) is 0 Å². The molecule has 2 aromatic carbocycles. The van der Waals surface area contributed by atoms with Crippen LogP contribution in [0.15, 0.2) is 48.6 Å². The van der Waals surface area contributed by atoms with Gasteiger partial charge in [0, 0.05) is 24.3 Å². The van der Waals surface area contributed by atoms with Gasteiger partial charge in [-0.3, -0.25) is 4.79 Å². The van der Waals surface area contributed by atoms with Crippen LogP contribution in [0.1, 0.15) is 27.0 Å². The van der Waals surface area contributed by atoms with E-state index in [2.05, 4.69) is 14.7 Å². The Kier molecular flexibility index (Phi) is 13.2. The number of ether oxygens (including phenoxy) is 4. The number of carbonyl (C=O) groups excluding carboxylic acids is 3. The molecular weight excluding hydrogens is 453 g/mol. The van der Waals surface area contributed by atoms with E-state index >= 15 is 0 Å². The summed E-state index contributed by atoms with van der Waals surface area (Å²) in [4.78, 5) is 32.8. The summed E-state index contributed by atoms with van der Waals surface area (Å²) < 4.78 is 19.1. The number of methoxy groups -OCH3 is 4. The average Bonchev–Trinajstić information content (AvgIpc) is 2.89. The summed E-state index contributed by atoms with van der Waals surface area (Å²) in [7, 11) is 5.13. The SMILES string of the molecule is COC(=O)/C=C/c1ccc(OC)cc1C=O.COC(=O)/C=C/c1ccc(OC)cc1CNB(C)O. The monoisotopic (exact) mass is 483 g/mol. The van der Waals surface area contributed by atoms with Crippen molar-refractivity contribution in [3.63, 3.8) is 0 Å². The van der Waals surface area contributed by atoms with Gasteiger partial charge in [0.15, 0.2) is 6.29 Å². The molecule has 0 fully saturated rings. The first-order chi connectivity index (χ1) is 16.8. The largest absolute Gasteiger partial charge is 0.497 e. The van der Waals surface area contributed by atoms with Crippen molar-refractivity contribution in [2.24, 2.45) is 0 Å². The normalized spacial score (nSPS) is 10.3. The van der Waals surface area contributed by atoms with Crippen molar-refractivity contribution in [1.29, 1.82) is 0 Å². The number of nitrogens with one attached hydrogen (secondary N) is 1. The lowest BCUT2D eigenvalue weighted by Gasteiger charge is -2.10. The van der Waals surface area contributed by atoms with E-state index in [0.717, 1.165) is 16.9 Å². The second-order valence-electron chi connectivity index (χ2n) is 6.95. The number of hydrogen-bond donors (Lipinski definition) is 2. The first-order valence-corrected chi connectivity index (χ1v) is 10.5.